The molecule has 4 heteroatoms. The molecule has 1 aliphatic heterocycles. The molecular weight excluding hydrogens is 226 g/mol. The van der Waals surface area contributed by atoms with Crippen LogP contribution in [-0.2, 0) is 7.05 Å². The Morgan fingerprint density at radius 1 is 1.28 bits per heavy atom. The number of rotatable bonds is 2. The molecule has 1 aromatic rings. The van der Waals surface area contributed by atoms with Gasteiger partial charge in [-0.25, -0.2) is 0 Å². The van der Waals surface area contributed by atoms with Gasteiger partial charge in [-0.2, -0.15) is 5.10 Å². The molecule has 2 unspecified atom stereocenters. The van der Waals surface area contributed by atoms with Crippen LogP contribution in [0.15, 0.2) is 0 Å². The molecule has 2 atom stereocenters. The highest BCUT2D eigenvalue weighted by molar-refractivity contribution is 5.85. The fourth-order valence-electron chi connectivity index (χ4n) is 3.81. The second kappa shape index (κ2) is 4.41. The van der Waals surface area contributed by atoms with Crippen molar-refractivity contribution >= 4 is 12.1 Å². The van der Waals surface area contributed by atoms with E-state index in [2.05, 4.69) is 10.00 Å². The summed E-state index contributed by atoms with van der Waals surface area (Å²) in [5.41, 5.74) is 1.63. The molecule has 18 heavy (non-hydrogen) atoms. The lowest BCUT2D eigenvalue weighted by molar-refractivity contribution is 0.112. The highest BCUT2D eigenvalue weighted by Gasteiger charge is 2.38. The minimum absolute atomic E-state index is 0.632. The number of fused-ring (bicyclic) bond motifs is 1. The lowest BCUT2D eigenvalue weighted by atomic mass is 9.85. The number of anilines is 1. The first-order chi connectivity index (χ1) is 8.72. The van der Waals surface area contributed by atoms with Crippen molar-refractivity contribution in [2.45, 2.75) is 45.1 Å². The highest BCUT2D eigenvalue weighted by atomic mass is 16.1. The van der Waals surface area contributed by atoms with Crippen LogP contribution in [0.2, 0.25) is 0 Å². The highest BCUT2D eigenvalue weighted by Crippen LogP contribution is 2.39. The molecule has 0 N–H and O–H groups in total. The van der Waals surface area contributed by atoms with E-state index in [4.69, 9.17) is 0 Å². The molecule has 2 fully saturated rings. The van der Waals surface area contributed by atoms with Crippen molar-refractivity contribution in [3.8, 4) is 0 Å². The molecule has 98 valence electrons. The van der Waals surface area contributed by atoms with E-state index in [-0.39, 0.29) is 0 Å². The van der Waals surface area contributed by atoms with E-state index in [9.17, 15) is 4.79 Å². The van der Waals surface area contributed by atoms with Crippen LogP contribution in [0.5, 0.6) is 0 Å². The van der Waals surface area contributed by atoms with Crippen molar-refractivity contribution < 1.29 is 4.79 Å². The van der Waals surface area contributed by atoms with E-state index < -0.39 is 0 Å². The van der Waals surface area contributed by atoms with Crippen LogP contribution in [0, 0.1) is 12.8 Å². The van der Waals surface area contributed by atoms with Crippen LogP contribution in [0.25, 0.3) is 0 Å². The first-order valence-electron chi connectivity index (χ1n) is 6.97. The molecule has 1 aliphatic carbocycles. The third-order valence-electron chi connectivity index (χ3n) is 4.64. The lowest BCUT2D eigenvalue weighted by Gasteiger charge is -2.33. The number of aldehydes is 1. The standard InChI is InChI=1S/C14H21N3O/c1-10-12(9-18)14(16(2)15-10)17-8-7-11-5-3-4-6-13(11)17/h9,11,13H,3-8H2,1-2H3. The molecule has 0 amide bonds. The van der Waals surface area contributed by atoms with Crippen LogP contribution in [0.1, 0.15) is 48.2 Å². The van der Waals surface area contributed by atoms with Crippen molar-refractivity contribution in [1.29, 1.82) is 0 Å². The quantitative estimate of drug-likeness (QED) is 0.753. The van der Waals surface area contributed by atoms with Crippen LogP contribution in [0.3, 0.4) is 0 Å². The summed E-state index contributed by atoms with van der Waals surface area (Å²) >= 11 is 0. The summed E-state index contributed by atoms with van der Waals surface area (Å²) in [7, 11) is 1.95. The largest absolute Gasteiger partial charge is 0.353 e. The molecular formula is C14H21N3O. The van der Waals surface area contributed by atoms with Gasteiger partial charge in [0.2, 0.25) is 0 Å². The maximum Gasteiger partial charge on any atom is 0.155 e. The van der Waals surface area contributed by atoms with Gasteiger partial charge >= 0.3 is 0 Å². The molecule has 3 rings (SSSR count). The normalized spacial score (nSPS) is 27.3. The summed E-state index contributed by atoms with van der Waals surface area (Å²) in [5.74, 6) is 1.87. The van der Waals surface area contributed by atoms with E-state index in [0.29, 0.717) is 6.04 Å². The van der Waals surface area contributed by atoms with Crippen LogP contribution < -0.4 is 4.90 Å². The van der Waals surface area contributed by atoms with Gasteiger partial charge in [-0.1, -0.05) is 12.8 Å². The molecule has 4 nitrogen and oxygen atoms in total. The Morgan fingerprint density at radius 2 is 2.06 bits per heavy atom. The van der Waals surface area contributed by atoms with Crippen LogP contribution in [0.4, 0.5) is 5.82 Å². The first-order valence-corrected chi connectivity index (χ1v) is 6.97. The minimum atomic E-state index is 0.632. The number of carbonyl (C=O) groups excluding carboxylic acids is 1. The Kier molecular flexibility index (Phi) is 2.88. The van der Waals surface area contributed by atoms with Crippen LogP contribution in [-0.4, -0.2) is 28.7 Å². The fraction of sp³-hybridized carbons (Fsp3) is 0.714. The van der Waals surface area contributed by atoms with Crippen molar-refractivity contribution in [2.75, 3.05) is 11.4 Å². The average Bonchev–Trinajstić information content (AvgIpc) is 2.89. The predicted octanol–water partition coefficient (Wildman–Crippen LogP) is 2.31. The van der Waals surface area contributed by atoms with Gasteiger partial charge in [0, 0.05) is 19.6 Å². The number of hydrogen-bond donors (Lipinski definition) is 0. The summed E-state index contributed by atoms with van der Waals surface area (Å²) < 4.78 is 1.88. The zero-order valence-electron chi connectivity index (χ0n) is 11.2. The average molecular weight is 247 g/mol. The van der Waals surface area contributed by atoms with Crippen molar-refractivity contribution in [3.05, 3.63) is 11.3 Å². The maximum atomic E-state index is 11.3. The molecule has 1 aromatic heterocycles. The topological polar surface area (TPSA) is 38.1 Å². The summed E-state index contributed by atoms with van der Waals surface area (Å²) in [5, 5.41) is 4.41. The van der Waals surface area contributed by atoms with Crippen molar-refractivity contribution in [2.24, 2.45) is 13.0 Å². The van der Waals surface area contributed by atoms with E-state index in [1.54, 1.807) is 0 Å². The van der Waals surface area contributed by atoms with Crippen molar-refractivity contribution in [1.82, 2.24) is 9.78 Å². The molecule has 0 bridgehead atoms. The molecule has 0 radical (unpaired) electrons. The third-order valence-corrected chi connectivity index (χ3v) is 4.64. The smallest absolute Gasteiger partial charge is 0.155 e. The Morgan fingerprint density at radius 3 is 2.83 bits per heavy atom. The van der Waals surface area contributed by atoms with E-state index in [1.807, 2.05) is 18.7 Å². The Balaban J connectivity index is 1.97. The zero-order chi connectivity index (χ0) is 12.7. The van der Waals surface area contributed by atoms with Crippen molar-refractivity contribution in [3.63, 3.8) is 0 Å². The monoisotopic (exact) mass is 247 g/mol. The molecule has 1 saturated heterocycles. The van der Waals surface area contributed by atoms with E-state index in [1.165, 1.54) is 32.1 Å². The van der Waals surface area contributed by atoms with Gasteiger partial charge in [0.05, 0.1) is 11.3 Å². The van der Waals surface area contributed by atoms with Gasteiger partial charge in [-0.3, -0.25) is 9.48 Å². The lowest BCUT2D eigenvalue weighted by Crippen LogP contribution is -2.36. The molecule has 2 aliphatic rings. The number of nitrogens with zero attached hydrogens (tertiary/aromatic N) is 3. The number of carbonyl (C=O) groups is 1. The van der Waals surface area contributed by atoms with E-state index in [0.717, 1.165) is 35.8 Å². The molecule has 2 heterocycles. The molecule has 1 saturated carbocycles. The third kappa shape index (κ3) is 1.66. The Labute approximate surface area is 108 Å². The summed E-state index contributed by atoms with van der Waals surface area (Å²) in [6.45, 7) is 3.00. The van der Waals surface area contributed by atoms with Gasteiger partial charge in [-0.05, 0) is 32.1 Å². The zero-order valence-corrected chi connectivity index (χ0v) is 11.2. The molecule has 0 aromatic carbocycles. The number of hydrogen-bond acceptors (Lipinski definition) is 3. The Hall–Kier alpha value is -1.32. The second-order valence-corrected chi connectivity index (χ2v) is 5.66. The van der Waals surface area contributed by atoms with Gasteiger partial charge < -0.3 is 4.90 Å². The van der Waals surface area contributed by atoms with E-state index >= 15 is 0 Å². The fourth-order valence-corrected chi connectivity index (χ4v) is 3.81. The van der Waals surface area contributed by atoms with Gasteiger partial charge in [0.1, 0.15) is 5.82 Å². The Bertz CT molecular complexity index is 466. The van der Waals surface area contributed by atoms with Gasteiger partial charge in [-0.15, -0.1) is 0 Å². The van der Waals surface area contributed by atoms with Gasteiger partial charge in [0.15, 0.2) is 6.29 Å². The summed E-state index contributed by atoms with van der Waals surface area (Å²) in [6, 6.07) is 0.632. The van der Waals surface area contributed by atoms with Gasteiger partial charge in [0.25, 0.3) is 0 Å². The van der Waals surface area contributed by atoms with Crippen LogP contribution >= 0.6 is 0 Å². The summed E-state index contributed by atoms with van der Waals surface area (Å²) in [6.07, 6.45) is 7.56. The molecule has 0 spiro atoms. The second-order valence-electron chi connectivity index (χ2n) is 5.66. The summed E-state index contributed by atoms with van der Waals surface area (Å²) in [4.78, 5) is 13.7. The minimum Gasteiger partial charge on any atom is -0.353 e. The number of aromatic nitrogens is 2. The number of aryl methyl sites for hydroxylation is 2. The predicted molar refractivity (Wildman–Crippen MR) is 71.0 cm³/mol. The maximum absolute atomic E-state index is 11.3. The SMILES string of the molecule is Cc1nn(C)c(N2CCC3CCCCC32)c1C=O. The first kappa shape index (κ1) is 11.8.